The third-order valence-electron chi connectivity index (χ3n) is 2.67. The van der Waals surface area contributed by atoms with Gasteiger partial charge in [0, 0.05) is 18.9 Å². The predicted octanol–water partition coefficient (Wildman–Crippen LogP) is 3.45. The summed E-state index contributed by atoms with van der Waals surface area (Å²) >= 11 is 0. The van der Waals surface area contributed by atoms with Gasteiger partial charge >= 0.3 is 0 Å². The van der Waals surface area contributed by atoms with Gasteiger partial charge in [-0.15, -0.1) is 0 Å². The second-order valence-corrected chi connectivity index (χ2v) is 4.17. The van der Waals surface area contributed by atoms with Crippen LogP contribution in [0.15, 0.2) is 24.3 Å². The van der Waals surface area contributed by atoms with Crippen molar-refractivity contribution in [2.24, 2.45) is 0 Å². The van der Waals surface area contributed by atoms with Crippen LogP contribution in [0.3, 0.4) is 0 Å². The fourth-order valence-electron chi connectivity index (χ4n) is 1.82. The fourth-order valence-corrected chi connectivity index (χ4v) is 1.82. The second kappa shape index (κ2) is 8.95. The molecular formula is C15H25NO2. The van der Waals surface area contributed by atoms with Gasteiger partial charge in [-0.25, -0.2) is 0 Å². The molecule has 0 saturated carbocycles. The average Bonchev–Trinajstić information content (AvgIpc) is 2.38. The summed E-state index contributed by atoms with van der Waals surface area (Å²) in [6.07, 6.45) is 2.15. The molecule has 3 heteroatoms. The highest BCUT2D eigenvalue weighted by Gasteiger charge is 2.06. The lowest BCUT2D eigenvalue weighted by molar-refractivity contribution is -0.126. The Bertz CT molecular complexity index is 305. The van der Waals surface area contributed by atoms with E-state index >= 15 is 0 Å². The van der Waals surface area contributed by atoms with E-state index in [1.807, 2.05) is 13.8 Å². The van der Waals surface area contributed by atoms with E-state index < -0.39 is 0 Å². The Morgan fingerprint density at radius 2 is 1.61 bits per heavy atom. The Kier molecular flexibility index (Phi) is 7.46. The minimum absolute atomic E-state index is 0.171. The number of rotatable bonds is 9. The maximum absolute atomic E-state index is 5.48. The van der Waals surface area contributed by atoms with Crippen molar-refractivity contribution in [3.8, 4) is 0 Å². The number of anilines is 1. The molecule has 0 aliphatic rings. The zero-order valence-corrected chi connectivity index (χ0v) is 11.7. The Morgan fingerprint density at radius 3 is 2.11 bits per heavy atom. The second-order valence-electron chi connectivity index (χ2n) is 4.17. The molecule has 0 radical (unpaired) electrons. The molecule has 0 spiro atoms. The summed E-state index contributed by atoms with van der Waals surface area (Å²) in [6, 6.07) is 8.56. The van der Waals surface area contributed by atoms with E-state index in [2.05, 4.69) is 36.5 Å². The van der Waals surface area contributed by atoms with Crippen LogP contribution in [0.4, 0.5) is 5.69 Å². The number of aryl methyl sites for hydroxylation is 1. The van der Waals surface area contributed by atoms with Crippen LogP contribution < -0.4 is 5.32 Å². The molecule has 0 aliphatic heterocycles. The fraction of sp³-hybridized carbons (Fsp3) is 0.600. The van der Waals surface area contributed by atoms with E-state index in [4.69, 9.17) is 9.47 Å². The molecule has 102 valence electrons. The molecule has 18 heavy (non-hydrogen) atoms. The van der Waals surface area contributed by atoms with Gasteiger partial charge in [-0.1, -0.05) is 25.5 Å². The molecule has 1 aromatic carbocycles. The summed E-state index contributed by atoms with van der Waals surface area (Å²) in [5.74, 6) is 0. The average molecular weight is 251 g/mol. The van der Waals surface area contributed by atoms with Crippen molar-refractivity contribution >= 4 is 5.69 Å². The van der Waals surface area contributed by atoms with Gasteiger partial charge in [0.1, 0.15) is 0 Å². The van der Waals surface area contributed by atoms with Crippen LogP contribution in [0.25, 0.3) is 0 Å². The van der Waals surface area contributed by atoms with E-state index in [-0.39, 0.29) is 6.29 Å². The van der Waals surface area contributed by atoms with Crippen molar-refractivity contribution in [2.45, 2.75) is 39.9 Å². The van der Waals surface area contributed by atoms with E-state index in [0.717, 1.165) is 12.1 Å². The number of nitrogens with one attached hydrogen (secondary N) is 1. The molecule has 0 atom stereocenters. The summed E-state index contributed by atoms with van der Waals surface area (Å²) in [5.41, 5.74) is 2.49. The molecule has 0 heterocycles. The third kappa shape index (κ3) is 5.52. The zero-order chi connectivity index (χ0) is 13.2. The van der Waals surface area contributed by atoms with Crippen LogP contribution in [-0.4, -0.2) is 26.0 Å². The van der Waals surface area contributed by atoms with Crippen LogP contribution in [0.2, 0.25) is 0 Å². The summed E-state index contributed by atoms with van der Waals surface area (Å²) in [7, 11) is 0. The topological polar surface area (TPSA) is 30.5 Å². The summed E-state index contributed by atoms with van der Waals surface area (Å²) in [5, 5.41) is 3.33. The summed E-state index contributed by atoms with van der Waals surface area (Å²) < 4.78 is 11.0. The van der Waals surface area contributed by atoms with Crippen molar-refractivity contribution < 1.29 is 9.47 Å². The summed E-state index contributed by atoms with van der Waals surface area (Å²) in [6.45, 7) is 8.16. The quantitative estimate of drug-likeness (QED) is 0.682. The van der Waals surface area contributed by atoms with Gasteiger partial charge < -0.3 is 14.8 Å². The third-order valence-corrected chi connectivity index (χ3v) is 2.67. The highest BCUT2D eigenvalue weighted by Crippen LogP contribution is 2.11. The van der Waals surface area contributed by atoms with Gasteiger partial charge in [0.2, 0.25) is 0 Å². The maximum atomic E-state index is 5.48. The first-order valence-corrected chi connectivity index (χ1v) is 6.86. The molecule has 0 bridgehead atoms. The highest BCUT2D eigenvalue weighted by molar-refractivity contribution is 5.44. The zero-order valence-electron chi connectivity index (χ0n) is 11.7. The van der Waals surface area contributed by atoms with Crippen LogP contribution in [0.5, 0.6) is 0 Å². The Hall–Kier alpha value is -1.06. The lowest BCUT2D eigenvalue weighted by Crippen LogP contribution is -2.26. The van der Waals surface area contributed by atoms with E-state index in [1.165, 1.54) is 12.0 Å². The van der Waals surface area contributed by atoms with E-state index in [1.54, 1.807) is 0 Å². The normalized spacial score (nSPS) is 10.9. The SMILES string of the molecule is CCCc1ccc(NCC(OCC)OCC)cc1. The van der Waals surface area contributed by atoms with E-state index in [0.29, 0.717) is 19.8 Å². The first-order valence-electron chi connectivity index (χ1n) is 6.86. The Balaban J connectivity index is 2.41. The molecule has 0 amide bonds. The number of benzene rings is 1. The molecule has 0 aliphatic carbocycles. The number of hydrogen-bond donors (Lipinski definition) is 1. The van der Waals surface area contributed by atoms with Gasteiger partial charge in [0.05, 0.1) is 6.54 Å². The minimum Gasteiger partial charge on any atom is -0.380 e. The molecule has 1 N–H and O–H groups in total. The van der Waals surface area contributed by atoms with Crippen LogP contribution in [0, 0.1) is 0 Å². The maximum Gasteiger partial charge on any atom is 0.174 e. The first-order chi connectivity index (χ1) is 8.80. The van der Waals surface area contributed by atoms with Gasteiger partial charge in [-0.05, 0) is 38.0 Å². The largest absolute Gasteiger partial charge is 0.380 e. The van der Waals surface area contributed by atoms with Crippen LogP contribution in [-0.2, 0) is 15.9 Å². The standard InChI is InChI=1S/C15H25NO2/c1-4-7-13-8-10-14(11-9-13)16-12-15(17-5-2)18-6-3/h8-11,15-16H,4-7,12H2,1-3H3. The molecule has 0 fully saturated rings. The monoisotopic (exact) mass is 251 g/mol. The molecule has 3 nitrogen and oxygen atoms in total. The number of ether oxygens (including phenoxy) is 2. The van der Waals surface area contributed by atoms with Crippen molar-refractivity contribution in [3.05, 3.63) is 29.8 Å². The molecule has 0 aromatic heterocycles. The van der Waals surface area contributed by atoms with Gasteiger partial charge in [0.15, 0.2) is 6.29 Å². The predicted molar refractivity (Wildman–Crippen MR) is 76.0 cm³/mol. The van der Waals surface area contributed by atoms with Crippen LogP contribution in [0.1, 0.15) is 32.8 Å². The summed E-state index contributed by atoms with van der Waals surface area (Å²) in [4.78, 5) is 0. The molecular weight excluding hydrogens is 226 g/mol. The first kappa shape index (κ1) is 15.0. The Morgan fingerprint density at radius 1 is 1.00 bits per heavy atom. The highest BCUT2D eigenvalue weighted by atomic mass is 16.7. The Labute approximate surface area is 110 Å². The molecule has 1 aromatic rings. The molecule has 0 unspecified atom stereocenters. The number of hydrogen-bond acceptors (Lipinski definition) is 3. The lowest BCUT2D eigenvalue weighted by Gasteiger charge is -2.18. The van der Waals surface area contributed by atoms with Crippen LogP contribution >= 0.6 is 0 Å². The van der Waals surface area contributed by atoms with Crippen molar-refractivity contribution in [2.75, 3.05) is 25.1 Å². The lowest BCUT2D eigenvalue weighted by atomic mass is 10.1. The van der Waals surface area contributed by atoms with Gasteiger partial charge in [-0.3, -0.25) is 0 Å². The van der Waals surface area contributed by atoms with Crippen molar-refractivity contribution in [1.82, 2.24) is 0 Å². The van der Waals surface area contributed by atoms with Crippen molar-refractivity contribution in [3.63, 3.8) is 0 Å². The molecule has 0 saturated heterocycles. The van der Waals surface area contributed by atoms with E-state index in [9.17, 15) is 0 Å². The van der Waals surface area contributed by atoms with Gasteiger partial charge in [0.25, 0.3) is 0 Å². The van der Waals surface area contributed by atoms with Gasteiger partial charge in [-0.2, -0.15) is 0 Å². The van der Waals surface area contributed by atoms with Crippen molar-refractivity contribution in [1.29, 1.82) is 0 Å². The smallest absolute Gasteiger partial charge is 0.174 e. The molecule has 1 rings (SSSR count). The minimum atomic E-state index is -0.171.